The van der Waals surface area contributed by atoms with Crippen LogP contribution in [0.2, 0.25) is 0 Å². The molecule has 3 N–H and O–H groups in total. The Morgan fingerprint density at radius 2 is 2.19 bits per heavy atom. The predicted octanol–water partition coefficient (Wildman–Crippen LogP) is 2.68. The molecule has 6 heteroatoms. The van der Waals surface area contributed by atoms with Crippen LogP contribution in [0.25, 0.3) is 0 Å². The smallest absolute Gasteiger partial charge is 0.323 e. The van der Waals surface area contributed by atoms with Gasteiger partial charge in [0.25, 0.3) is 0 Å². The van der Waals surface area contributed by atoms with Gasteiger partial charge in [-0.05, 0) is 31.0 Å². The van der Waals surface area contributed by atoms with Crippen LogP contribution in [0.15, 0.2) is 30.5 Å². The number of hydrogen-bond donors (Lipinski definition) is 3. The second-order valence-electron chi connectivity index (χ2n) is 4.90. The number of nitrogens with one attached hydrogen (secondary N) is 2. The quantitative estimate of drug-likeness (QED) is 0.809. The fourth-order valence-corrected chi connectivity index (χ4v) is 2.06. The van der Waals surface area contributed by atoms with E-state index in [9.17, 15) is 9.90 Å². The molecule has 1 aromatic carbocycles. The Kier molecular flexibility index (Phi) is 4.59. The van der Waals surface area contributed by atoms with Gasteiger partial charge < -0.3 is 15.7 Å². The van der Waals surface area contributed by atoms with Crippen molar-refractivity contribution in [3.05, 3.63) is 41.7 Å². The Balaban J connectivity index is 2.06. The summed E-state index contributed by atoms with van der Waals surface area (Å²) < 4.78 is 1.67. The normalized spacial score (nSPS) is 12.0. The molecule has 1 heterocycles. The second-order valence-corrected chi connectivity index (χ2v) is 4.90. The third kappa shape index (κ3) is 3.82. The third-order valence-corrected chi connectivity index (χ3v) is 3.12. The van der Waals surface area contributed by atoms with Crippen LogP contribution in [-0.2, 0) is 13.5 Å². The summed E-state index contributed by atoms with van der Waals surface area (Å²) in [6.45, 7) is 3.67. The Labute approximate surface area is 123 Å². The standard InChI is InChI=1S/C15H20N4O2/c1-4-13-14(9-19(3)18-13)17-15(21)16-12-7-5-6-11(8-12)10(2)20/h5-10,20H,4H2,1-3H3,(H2,16,17,21). The molecule has 112 valence electrons. The molecule has 0 aliphatic carbocycles. The van der Waals surface area contributed by atoms with Gasteiger partial charge in [-0.3, -0.25) is 4.68 Å². The number of carbonyl (C=O) groups excluding carboxylic acids is 1. The van der Waals surface area contributed by atoms with E-state index in [4.69, 9.17) is 0 Å². The molecule has 2 amide bonds. The van der Waals surface area contributed by atoms with Crippen LogP contribution >= 0.6 is 0 Å². The molecule has 1 atom stereocenters. The van der Waals surface area contributed by atoms with E-state index in [0.717, 1.165) is 17.7 Å². The lowest BCUT2D eigenvalue weighted by Gasteiger charge is -2.10. The lowest BCUT2D eigenvalue weighted by Crippen LogP contribution is -2.20. The number of carbonyl (C=O) groups is 1. The number of anilines is 2. The van der Waals surface area contributed by atoms with Crippen LogP contribution in [0.3, 0.4) is 0 Å². The lowest BCUT2D eigenvalue weighted by molar-refractivity contribution is 0.199. The monoisotopic (exact) mass is 288 g/mol. The fourth-order valence-electron chi connectivity index (χ4n) is 2.06. The molecule has 0 fully saturated rings. The van der Waals surface area contributed by atoms with E-state index < -0.39 is 6.10 Å². The average Bonchev–Trinajstić information content (AvgIpc) is 2.78. The Morgan fingerprint density at radius 3 is 2.86 bits per heavy atom. The first-order chi connectivity index (χ1) is 9.99. The van der Waals surface area contributed by atoms with Gasteiger partial charge in [-0.15, -0.1) is 0 Å². The van der Waals surface area contributed by atoms with Crippen LogP contribution in [0.5, 0.6) is 0 Å². The average molecular weight is 288 g/mol. The van der Waals surface area contributed by atoms with E-state index in [0.29, 0.717) is 11.4 Å². The number of urea groups is 1. The van der Waals surface area contributed by atoms with E-state index in [2.05, 4.69) is 15.7 Å². The minimum absolute atomic E-state index is 0.333. The van der Waals surface area contributed by atoms with Gasteiger partial charge in [0, 0.05) is 18.9 Å². The predicted molar refractivity (Wildman–Crippen MR) is 82.3 cm³/mol. The van der Waals surface area contributed by atoms with Crippen molar-refractivity contribution in [2.75, 3.05) is 10.6 Å². The highest BCUT2D eigenvalue weighted by atomic mass is 16.3. The molecular formula is C15H20N4O2. The third-order valence-electron chi connectivity index (χ3n) is 3.12. The highest BCUT2D eigenvalue weighted by Gasteiger charge is 2.10. The minimum atomic E-state index is -0.570. The van der Waals surface area contributed by atoms with Gasteiger partial charge in [0.15, 0.2) is 0 Å². The number of hydrogen-bond acceptors (Lipinski definition) is 3. The van der Waals surface area contributed by atoms with Crippen molar-refractivity contribution in [3.8, 4) is 0 Å². The molecule has 0 bridgehead atoms. The maximum atomic E-state index is 12.0. The highest BCUT2D eigenvalue weighted by molar-refractivity contribution is 6.00. The molecule has 0 radical (unpaired) electrons. The van der Waals surface area contributed by atoms with E-state index >= 15 is 0 Å². The summed E-state index contributed by atoms with van der Waals surface area (Å²) in [5.41, 5.74) is 2.92. The summed E-state index contributed by atoms with van der Waals surface area (Å²) in [6, 6.07) is 6.79. The Morgan fingerprint density at radius 1 is 1.43 bits per heavy atom. The molecule has 2 aromatic rings. The number of rotatable bonds is 4. The zero-order valence-electron chi connectivity index (χ0n) is 12.4. The van der Waals surface area contributed by atoms with Crippen molar-refractivity contribution < 1.29 is 9.90 Å². The van der Waals surface area contributed by atoms with Crippen molar-refractivity contribution in [2.45, 2.75) is 26.4 Å². The maximum absolute atomic E-state index is 12.0. The number of aryl methyl sites for hydroxylation is 2. The van der Waals surface area contributed by atoms with Gasteiger partial charge in [-0.25, -0.2) is 4.79 Å². The number of aliphatic hydroxyl groups excluding tert-OH is 1. The Hall–Kier alpha value is -2.34. The Bertz CT molecular complexity index is 634. The van der Waals surface area contributed by atoms with Crippen LogP contribution in [0.4, 0.5) is 16.2 Å². The van der Waals surface area contributed by atoms with Gasteiger partial charge in [-0.1, -0.05) is 19.1 Å². The first-order valence-electron chi connectivity index (χ1n) is 6.88. The molecule has 0 spiro atoms. The van der Waals surface area contributed by atoms with Gasteiger partial charge in [0.05, 0.1) is 17.5 Å². The first kappa shape index (κ1) is 15.1. The molecule has 1 unspecified atom stereocenters. The molecule has 0 aliphatic rings. The number of nitrogens with zero attached hydrogens (tertiary/aromatic N) is 2. The number of benzene rings is 1. The maximum Gasteiger partial charge on any atom is 0.323 e. The van der Waals surface area contributed by atoms with Crippen molar-refractivity contribution in [2.24, 2.45) is 7.05 Å². The number of aromatic nitrogens is 2. The summed E-state index contributed by atoms with van der Waals surface area (Å²) in [7, 11) is 1.81. The SMILES string of the molecule is CCc1nn(C)cc1NC(=O)Nc1cccc(C(C)O)c1. The molecule has 1 aromatic heterocycles. The zero-order valence-corrected chi connectivity index (χ0v) is 12.4. The molecule has 6 nitrogen and oxygen atoms in total. The van der Waals surface area contributed by atoms with Crippen LogP contribution in [0, 0.1) is 0 Å². The molecule has 0 aliphatic heterocycles. The van der Waals surface area contributed by atoms with Crippen LogP contribution < -0.4 is 10.6 Å². The van der Waals surface area contributed by atoms with Gasteiger partial charge in [0.2, 0.25) is 0 Å². The van der Waals surface area contributed by atoms with E-state index in [-0.39, 0.29) is 6.03 Å². The van der Waals surface area contributed by atoms with Crippen LogP contribution in [-0.4, -0.2) is 20.9 Å². The molecule has 0 saturated heterocycles. The largest absolute Gasteiger partial charge is 0.389 e. The molecular weight excluding hydrogens is 268 g/mol. The van der Waals surface area contributed by atoms with E-state index in [1.54, 1.807) is 36.0 Å². The molecule has 2 rings (SSSR count). The fraction of sp³-hybridized carbons (Fsp3) is 0.333. The summed E-state index contributed by atoms with van der Waals surface area (Å²) in [6.07, 6.45) is 1.94. The van der Waals surface area contributed by atoms with Crippen molar-refractivity contribution in [1.29, 1.82) is 0 Å². The van der Waals surface area contributed by atoms with Crippen molar-refractivity contribution >= 4 is 17.4 Å². The summed E-state index contributed by atoms with van der Waals surface area (Å²) in [4.78, 5) is 12.0. The molecule has 0 saturated carbocycles. The van der Waals surface area contributed by atoms with Gasteiger partial charge >= 0.3 is 6.03 Å². The number of aliphatic hydroxyl groups is 1. The number of amides is 2. The first-order valence-corrected chi connectivity index (χ1v) is 6.88. The lowest BCUT2D eigenvalue weighted by atomic mass is 10.1. The highest BCUT2D eigenvalue weighted by Crippen LogP contribution is 2.18. The van der Waals surface area contributed by atoms with Crippen molar-refractivity contribution in [1.82, 2.24) is 9.78 Å². The van der Waals surface area contributed by atoms with Crippen LogP contribution in [0.1, 0.15) is 31.2 Å². The van der Waals surface area contributed by atoms with Crippen molar-refractivity contribution in [3.63, 3.8) is 0 Å². The van der Waals surface area contributed by atoms with Gasteiger partial charge in [-0.2, -0.15) is 5.10 Å². The summed E-state index contributed by atoms with van der Waals surface area (Å²) in [5.74, 6) is 0. The molecule has 21 heavy (non-hydrogen) atoms. The summed E-state index contributed by atoms with van der Waals surface area (Å²) >= 11 is 0. The van der Waals surface area contributed by atoms with E-state index in [1.807, 2.05) is 20.0 Å². The topological polar surface area (TPSA) is 79.2 Å². The zero-order chi connectivity index (χ0) is 15.4. The summed E-state index contributed by atoms with van der Waals surface area (Å²) in [5, 5.41) is 19.3. The van der Waals surface area contributed by atoms with Gasteiger partial charge in [0.1, 0.15) is 0 Å². The minimum Gasteiger partial charge on any atom is -0.389 e. The van der Waals surface area contributed by atoms with E-state index in [1.165, 1.54) is 0 Å². The second kappa shape index (κ2) is 6.41.